The first-order valence-electron chi connectivity index (χ1n) is 7.65. The molecule has 0 aromatic heterocycles. The molecule has 2 heteroatoms. The molecule has 0 aliphatic heterocycles. The molecule has 116 valence electrons. The van der Waals surface area contributed by atoms with E-state index in [9.17, 15) is 4.79 Å². The summed E-state index contributed by atoms with van der Waals surface area (Å²) < 4.78 is 5.61. The Morgan fingerprint density at radius 1 is 0.818 bits per heavy atom. The van der Waals surface area contributed by atoms with E-state index in [1.165, 1.54) is 16.7 Å². The van der Waals surface area contributed by atoms with Gasteiger partial charge in [0.1, 0.15) is 6.61 Å². The first kappa shape index (κ1) is 16.4. The van der Waals surface area contributed by atoms with Crippen LogP contribution in [0.5, 0.6) is 0 Å². The van der Waals surface area contributed by atoms with Gasteiger partial charge in [-0.1, -0.05) is 30.3 Å². The van der Waals surface area contributed by atoms with Crippen LogP contribution in [-0.4, -0.2) is 12.4 Å². The monoisotopic (exact) mass is 296 g/mol. The summed E-state index contributed by atoms with van der Waals surface area (Å²) in [6, 6.07) is 9.92. The van der Waals surface area contributed by atoms with Gasteiger partial charge >= 0.3 is 0 Å². The van der Waals surface area contributed by atoms with Crippen LogP contribution in [0.1, 0.15) is 43.7 Å². The van der Waals surface area contributed by atoms with E-state index in [2.05, 4.69) is 20.8 Å². The van der Waals surface area contributed by atoms with Crippen LogP contribution in [0.4, 0.5) is 0 Å². The van der Waals surface area contributed by atoms with Crippen molar-refractivity contribution in [3.05, 3.63) is 69.3 Å². The third kappa shape index (κ3) is 3.28. The van der Waals surface area contributed by atoms with Crippen molar-refractivity contribution in [3.63, 3.8) is 0 Å². The first-order valence-corrected chi connectivity index (χ1v) is 7.65. The van der Waals surface area contributed by atoms with Gasteiger partial charge in [-0.3, -0.25) is 4.79 Å². The van der Waals surface area contributed by atoms with Crippen LogP contribution in [0.25, 0.3) is 0 Å². The van der Waals surface area contributed by atoms with E-state index in [0.29, 0.717) is 6.61 Å². The molecule has 0 unspecified atom stereocenters. The molecule has 2 rings (SSSR count). The maximum absolute atomic E-state index is 12.6. The standard InChI is InChI=1S/C20H24O2/c1-13-14(2)16(4)20(17(5)15(13)3)19(21)12-22-11-18-9-7-6-8-10-18/h6-10H,11-12H2,1-5H3. The van der Waals surface area contributed by atoms with Crippen LogP contribution < -0.4 is 0 Å². The van der Waals surface area contributed by atoms with Crippen molar-refractivity contribution in [1.82, 2.24) is 0 Å². The molecule has 0 bridgehead atoms. The molecule has 0 saturated carbocycles. The van der Waals surface area contributed by atoms with Gasteiger partial charge in [0.15, 0.2) is 5.78 Å². The minimum absolute atomic E-state index is 0.0668. The molecule has 0 aliphatic carbocycles. The number of benzene rings is 2. The van der Waals surface area contributed by atoms with Crippen molar-refractivity contribution in [3.8, 4) is 0 Å². The average molecular weight is 296 g/mol. The average Bonchev–Trinajstić information content (AvgIpc) is 2.52. The van der Waals surface area contributed by atoms with Gasteiger partial charge < -0.3 is 4.74 Å². The molecule has 22 heavy (non-hydrogen) atoms. The van der Waals surface area contributed by atoms with Gasteiger partial charge in [0.2, 0.25) is 0 Å². The molecule has 0 amide bonds. The Bertz CT molecular complexity index is 656. The number of rotatable bonds is 5. The number of Topliss-reactive ketones (excluding diaryl/α,β-unsaturated/α-hetero) is 1. The lowest BCUT2D eigenvalue weighted by molar-refractivity contribution is 0.0725. The van der Waals surface area contributed by atoms with Crippen molar-refractivity contribution >= 4 is 5.78 Å². The van der Waals surface area contributed by atoms with Crippen molar-refractivity contribution in [2.75, 3.05) is 6.61 Å². The largest absolute Gasteiger partial charge is 0.369 e. The Morgan fingerprint density at radius 3 is 1.86 bits per heavy atom. The summed E-state index contributed by atoms with van der Waals surface area (Å²) in [7, 11) is 0. The Kier molecular flexibility index (Phi) is 5.15. The molecule has 0 saturated heterocycles. The van der Waals surface area contributed by atoms with Crippen LogP contribution in [0.15, 0.2) is 30.3 Å². The zero-order valence-electron chi connectivity index (χ0n) is 14.1. The lowest BCUT2D eigenvalue weighted by Crippen LogP contribution is -2.15. The molecule has 0 spiro atoms. The predicted octanol–water partition coefficient (Wildman–Crippen LogP) is 4.63. The molecule has 0 atom stereocenters. The summed E-state index contributed by atoms with van der Waals surface area (Å²) in [5.74, 6) is 0.0668. The Balaban J connectivity index is 2.13. The number of hydrogen-bond acceptors (Lipinski definition) is 2. The second kappa shape index (κ2) is 6.89. The normalized spacial score (nSPS) is 10.8. The van der Waals surface area contributed by atoms with Gasteiger partial charge in [0, 0.05) is 5.56 Å². The van der Waals surface area contributed by atoms with E-state index >= 15 is 0 Å². The Morgan fingerprint density at radius 2 is 1.32 bits per heavy atom. The fraction of sp³-hybridized carbons (Fsp3) is 0.350. The summed E-state index contributed by atoms with van der Waals surface area (Å²) >= 11 is 0. The highest BCUT2D eigenvalue weighted by molar-refractivity contribution is 6.00. The van der Waals surface area contributed by atoms with E-state index in [-0.39, 0.29) is 12.4 Å². The van der Waals surface area contributed by atoms with Crippen LogP contribution in [0.2, 0.25) is 0 Å². The third-order valence-corrected chi connectivity index (χ3v) is 4.62. The van der Waals surface area contributed by atoms with Gasteiger partial charge in [0.25, 0.3) is 0 Å². The lowest BCUT2D eigenvalue weighted by atomic mass is 9.88. The maximum Gasteiger partial charge on any atom is 0.189 e. The van der Waals surface area contributed by atoms with E-state index in [0.717, 1.165) is 22.3 Å². The van der Waals surface area contributed by atoms with Crippen molar-refractivity contribution in [2.45, 2.75) is 41.2 Å². The summed E-state index contributed by atoms with van der Waals surface area (Å²) in [5.41, 5.74) is 7.75. The van der Waals surface area contributed by atoms with Gasteiger partial charge in [-0.05, 0) is 68.0 Å². The van der Waals surface area contributed by atoms with Crippen LogP contribution in [0.3, 0.4) is 0 Å². The maximum atomic E-state index is 12.6. The highest BCUT2D eigenvalue weighted by Crippen LogP contribution is 2.26. The summed E-state index contributed by atoms with van der Waals surface area (Å²) in [5, 5.41) is 0. The molecule has 0 radical (unpaired) electrons. The number of ketones is 1. The SMILES string of the molecule is Cc1c(C)c(C)c(C(=O)COCc2ccccc2)c(C)c1C. The zero-order chi connectivity index (χ0) is 16.3. The summed E-state index contributed by atoms with van der Waals surface area (Å²) in [6.45, 7) is 10.9. The molecular weight excluding hydrogens is 272 g/mol. The molecule has 0 N–H and O–H groups in total. The van der Waals surface area contributed by atoms with Gasteiger partial charge in [0.05, 0.1) is 6.61 Å². The molecule has 2 aromatic carbocycles. The first-order chi connectivity index (χ1) is 10.4. The van der Waals surface area contributed by atoms with E-state index in [4.69, 9.17) is 4.74 Å². The van der Waals surface area contributed by atoms with Crippen molar-refractivity contribution < 1.29 is 9.53 Å². The molecule has 0 aliphatic rings. The second-order valence-corrected chi connectivity index (χ2v) is 5.90. The molecular formula is C20H24O2. The number of hydrogen-bond donors (Lipinski definition) is 0. The Labute approximate surface area is 133 Å². The highest BCUT2D eigenvalue weighted by Gasteiger charge is 2.18. The fourth-order valence-electron chi connectivity index (χ4n) is 2.83. The zero-order valence-corrected chi connectivity index (χ0v) is 14.1. The Hall–Kier alpha value is -1.93. The van der Waals surface area contributed by atoms with Gasteiger partial charge in [-0.15, -0.1) is 0 Å². The molecule has 0 heterocycles. The van der Waals surface area contributed by atoms with Gasteiger partial charge in [-0.2, -0.15) is 0 Å². The van der Waals surface area contributed by atoms with Crippen LogP contribution >= 0.6 is 0 Å². The second-order valence-electron chi connectivity index (χ2n) is 5.90. The van der Waals surface area contributed by atoms with Crippen LogP contribution in [0, 0.1) is 34.6 Å². The van der Waals surface area contributed by atoms with Crippen molar-refractivity contribution in [1.29, 1.82) is 0 Å². The third-order valence-electron chi connectivity index (χ3n) is 4.62. The highest BCUT2D eigenvalue weighted by atomic mass is 16.5. The summed E-state index contributed by atoms with van der Waals surface area (Å²) in [6.07, 6.45) is 0. The lowest BCUT2D eigenvalue weighted by Gasteiger charge is -2.17. The van der Waals surface area contributed by atoms with E-state index in [1.54, 1.807) is 0 Å². The molecule has 2 aromatic rings. The van der Waals surface area contributed by atoms with Crippen molar-refractivity contribution in [2.24, 2.45) is 0 Å². The quantitative estimate of drug-likeness (QED) is 0.752. The molecule has 2 nitrogen and oxygen atoms in total. The minimum Gasteiger partial charge on any atom is -0.369 e. The number of carbonyl (C=O) groups is 1. The van der Waals surface area contributed by atoms with Crippen LogP contribution in [-0.2, 0) is 11.3 Å². The smallest absolute Gasteiger partial charge is 0.189 e. The number of ether oxygens (including phenoxy) is 1. The minimum atomic E-state index is 0.0668. The summed E-state index contributed by atoms with van der Waals surface area (Å²) in [4.78, 5) is 12.6. The van der Waals surface area contributed by atoms with Gasteiger partial charge in [-0.25, -0.2) is 0 Å². The topological polar surface area (TPSA) is 26.3 Å². The van der Waals surface area contributed by atoms with E-state index in [1.807, 2.05) is 44.2 Å². The van der Waals surface area contributed by atoms with E-state index < -0.39 is 0 Å². The number of carbonyl (C=O) groups excluding carboxylic acids is 1. The fourth-order valence-corrected chi connectivity index (χ4v) is 2.83. The molecule has 0 fully saturated rings. The predicted molar refractivity (Wildman–Crippen MR) is 90.6 cm³/mol.